The average molecular weight is 357 g/mol. The third kappa shape index (κ3) is 4.46. The number of rotatable bonds is 7. The van der Waals surface area contributed by atoms with Gasteiger partial charge < -0.3 is 18.9 Å². The summed E-state index contributed by atoms with van der Waals surface area (Å²) in [4.78, 5) is 14.3. The summed E-state index contributed by atoms with van der Waals surface area (Å²) in [6.45, 7) is 1.76. The molecule has 0 aromatic heterocycles. The number of ether oxygens (including phenoxy) is 4. The summed E-state index contributed by atoms with van der Waals surface area (Å²) < 4.78 is 21.1. The van der Waals surface area contributed by atoms with Crippen LogP contribution in [-0.2, 0) is 22.6 Å². The van der Waals surface area contributed by atoms with Crippen LogP contribution in [-0.4, -0.2) is 44.5 Å². The van der Waals surface area contributed by atoms with Gasteiger partial charge in [0.05, 0.1) is 33.5 Å². The number of benzene rings is 2. The summed E-state index contributed by atoms with van der Waals surface area (Å²) in [7, 11) is 3.25. The first-order valence-electron chi connectivity index (χ1n) is 8.46. The molecule has 0 aliphatic carbocycles. The maximum atomic E-state index is 12.6. The Kier molecular flexibility index (Phi) is 5.96. The first-order valence-corrected chi connectivity index (χ1v) is 8.46. The Hall–Kier alpha value is -2.73. The fourth-order valence-electron chi connectivity index (χ4n) is 2.62. The van der Waals surface area contributed by atoms with Crippen molar-refractivity contribution >= 4 is 6.09 Å². The number of methoxy groups -OCH3 is 2. The SMILES string of the molecule is COc1ccc(COC(=O)N(Cc2ccc(OC)cc2)C2COC2)cc1. The fourth-order valence-corrected chi connectivity index (χ4v) is 2.62. The van der Waals surface area contributed by atoms with Crippen LogP contribution in [0.15, 0.2) is 48.5 Å². The molecular formula is C20H23NO5. The van der Waals surface area contributed by atoms with Crippen LogP contribution in [0.1, 0.15) is 11.1 Å². The van der Waals surface area contributed by atoms with E-state index in [9.17, 15) is 4.79 Å². The molecule has 0 atom stereocenters. The molecule has 0 radical (unpaired) electrons. The highest BCUT2D eigenvalue weighted by Crippen LogP contribution is 2.19. The second-order valence-electron chi connectivity index (χ2n) is 6.07. The van der Waals surface area contributed by atoms with Gasteiger partial charge in [-0.05, 0) is 35.4 Å². The van der Waals surface area contributed by atoms with Crippen molar-refractivity contribution in [1.82, 2.24) is 4.90 Å². The molecule has 26 heavy (non-hydrogen) atoms. The molecule has 1 amide bonds. The molecule has 6 heteroatoms. The zero-order valence-corrected chi connectivity index (χ0v) is 15.0. The van der Waals surface area contributed by atoms with Crippen LogP contribution in [0, 0.1) is 0 Å². The highest BCUT2D eigenvalue weighted by atomic mass is 16.6. The van der Waals surface area contributed by atoms with E-state index in [2.05, 4.69) is 0 Å². The molecule has 0 bridgehead atoms. The zero-order valence-electron chi connectivity index (χ0n) is 15.0. The van der Waals surface area contributed by atoms with Crippen LogP contribution in [0.2, 0.25) is 0 Å². The lowest BCUT2D eigenvalue weighted by atomic mass is 10.1. The van der Waals surface area contributed by atoms with Crippen molar-refractivity contribution in [2.75, 3.05) is 27.4 Å². The second-order valence-corrected chi connectivity index (χ2v) is 6.07. The van der Waals surface area contributed by atoms with Crippen molar-refractivity contribution < 1.29 is 23.7 Å². The molecule has 138 valence electrons. The third-order valence-electron chi connectivity index (χ3n) is 4.33. The topological polar surface area (TPSA) is 57.2 Å². The van der Waals surface area contributed by atoms with E-state index in [0.29, 0.717) is 19.8 Å². The number of carbonyl (C=O) groups is 1. The Bertz CT molecular complexity index is 710. The Balaban J connectivity index is 1.61. The molecule has 0 saturated carbocycles. The van der Waals surface area contributed by atoms with E-state index in [1.165, 1.54) is 0 Å². The molecule has 1 aliphatic heterocycles. The molecule has 2 aromatic carbocycles. The van der Waals surface area contributed by atoms with Crippen molar-refractivity contribution in [2.45, 2.75) is 19.2 Å². The minimum Gasteiger partial charge on any atom is -0.497 e. The maximum Gasteiger partial charge on any atom is 0.410 e. The van der Waals surface area contributed by atoms with E-state index in [1.807, 2.05) is 48.5 Å². The molecule has 1 fully saturated rings. The van der Waals surface area contributed by atoms with Gasteiger partial charge in [-0.15, -0.1) is 0 Å². The maximum absolute atomic E-state index is 12.6. The Labute approximate surface area is 153 Å². The van der Waals surface area contributed by atoms with E-state index in [-0.39, 0.29) is 18.7 Å². The second kappa shape index (κ2) is 8.58. The lowest BCUT2D eigenvalue weighted by Crippen LogP contribution is -2.51. The lowest BCUT2D eigenvalue weighted by molar-refractivity contribution is -0.0636. The normalized spacial score (nSPS) is 13.6. The number of amides is 1. The van der Waals surface area contributed by atoms with Gasteiger partial charge in [0.15, 0.2) is 0 Å². The van der Waals surface area contributed by atoms with Gasteiger partial charge in [0.2, 0.25) is 0 Å². The summed E-state index contributed by atoms with van der Waals surface area (Å²) in [5, 5.41) is 0. The van der Waals surface area contributed by atoms with E-state index in [1.54, 1.807) is 19.1 Å². The molecule has 0 spiro atoms. The highest BCUT2D eigenvalue weighted by Gasteiger charge is 2.31. The smallest absolute Gasteiger partial charge is 0.410 e. The van der Waals surface area contributed by atoms with Crippen LogP contribution in [0.5, 0.6) is 11.5 Å². The lowest BCUT2D eigenvalue weighted by Gasteiger charge is -2.36. The van der Waals surface area contributed by atoms with Gasteiger partial charge in [-0.2, -0.15) is 0 Å². The minimum absolute atomic E-state index is 0.0421. The Morgan fingerprint density at radius 1 is 0.962 bits per heavy atom. The first-order chi connectivity index (χ1) is 12.7. The highest BCUT2D eigenvalue weighted by molar-refractivity contribution is 5.68. The minimum atomic E-state index is -0.343. The molecule has 1 saturated heterocycles. The van der Waals surface area contributed by atoms with Crippen molar-refractivity contribution in [2.24, 2.45) is 0 Å². The van der Waals surface area contributed by atoms with Gasteiger partial charge >= 0.3 is 6.09 Å². The fraction of sp³-hybridized carbons (Fsp3) is 0.350. The molecule has 2 aromatic rings. The third-order valence-corrected chi connectivity index (χ3v) is 4.33. The van der Waals surface area contributed by atoms with Gasteiger partial charge in [-0.25, -0.2) is 4.79 Å². The van der Waals surface area contributed by atoms with Crippen LogP contribution in [0.4, 0.5) is 4.79 Å². The number of carbonyl (C=O) groups excluding carboxylic acids is 1. The monoisotopic (exact) mass is 357 g/mol. The van der Waals surface area contributed by atoms with Gasteiger partial charge in [-0.1, -0.05) is 24.3 Å². The molecule has 0 unspecified atom stereocenters. The Morgan fingerprint density at radius 3 is 1.96 bits per heavy atom. The van der Waals surface area contributed by atoms with Crippen molar-refractivity contribution in [3.63, 3.8) is 0 Å². The van der Waals surface area contributed by atoms with Crippen molar-refractivity contribution in [3.05, 3.63) is 59.7 Å². The molecular weight excluding hydrogens is 334 g/mol. The summed E-state index contributed by atoms with van der Waals surface area (Å²) in [5.74, 6) is 1.56. The molecule has 1 heterocycles. The summed E-state index contributed by atoms with van der Waals surface area (Å²) in [5.41, 5.74) is 1.92. The van der Waals surface area contributed by atoms with Crippen molar-refractivity contribution in [1.29, 1.82) is 0 Å². The number of hydrogen-bond donors (Lipinski definition) is 0. The van der Waals surface area contributed by atoms with Gasteiger partial charge in [-0.3, -0.25) is 4.90 Å². The first kappa shape index (κ1) is 18.1. The van der Waals surface area contributed by atoms with Gasteiger partial charge in [0.25, 0.3) is 0 Å². The summed E-state index contributed by atoms with van der Waals surface area (Å²) >= 11 is 0. The van der Waals surface area contributed by atoms with Crippen molar-refractivity contribution in [3.8, 4) is 11.5 Å². The van der Waals surface area contributed by atoms with E-state index >= 15 is 0 Å². The van der Waals surface area contributed by atoms with Crippen LogP contribution in [0.3, 0.4) is 0 Å². The molecule has 3 rings (SSSR count). The summed E-state index contributed by atoms with van der Waals surface area (Å²) in [6.07, 6.45) is -0.343. The largest absolute Gasteiger partial charge is 0.497 e. The molecule has 6 nitrogen and oxygen atoms in total. The van der Waals surface area contributed by atoms with E-state index in [0.717, 1.165) is 22.6 Å². The molecule has 0 N–H and O–H groups in total. The quantitative estimate of drug-likeness (QED) is 0.761. The van der Waals surface area contributed by atoms with E-state index in [4.69, 9.17) is 18.9 Å². The molecule has 1 aliphatic rings. The number of nitrogens with zero attached hydrogens (tertiary/aromatic N) is 1. The predicted molar refractivity (Wildman–Crippen MR) is 96.3 cm³/mol. The van der Waals surface area contributed by atoms with Gasteiger partial charge in [0.1, 0.15) is 18.1 Å². The predicted octanol–water partition coefficient (Wildman–Crippen LogP) is 3.24. The van der Waals surface area contributed by atoms with Crippen LogP contribution < -0.4 is 9.47 Å². The van der Waals surface area contributed by atoms with E-state index < -0.39 is 0 Å². The average Bonchev–Trinajstić information content (AvgIpc) is 2.65. The van der Waals surface area contributed by atoms with Crippen LogP contribution >= 0.6 is 0 Å². The Morgan fingerprint density at radius 2 is 1.50 bits per heavy atom. The number of hydrogen-bond acceptors (Lipinski definition) is 5. The van der Waals surface area contributed by atoms with Crippen LogP contribution in [0.25, 0.3) is 0 Å². The zero-order chi connectivity index (χ0) is 18.4. The summed E-state index contributed by atoms with van der Waals surface area (Å²) in [6, 6.07) is 15.2. The van der Waals surface area contributed by atoms with Gasteiger partial charge in [0, 0.05) is 6.54 Å². The standard InChI is InChI=1S/C20H23NO5/c1-23-18-7-3-15(4-8-18)11-21(17-13-25-14-17)20(22)26-12-16-5-9-19(24-2)10-6-16/h3-10,17H,11-14H2,1-2H3.